The molecule has 0 heterocycles. The molecule has 2 nitrogen and oxygen atoms in total. The van der Waals surface area contributed by atoms with Crippen LogP contribution < -0.4 is 11.5 Å². The molecule has 0 aliphatic heterocycles. The molecule has 0 amide bonds. The van der Waals surface area contributed by atoms with Gasteiger partial charge >= 0.3 is 0 Å². The van der Waals surface area contributed by atoms with Gasteiger partial charge in [-0.05, 0) is 75.7 Å². The average molecular weight is 300 g/mol. The summed E-state index contributed by atoms with van der Waals surface area (Å²) in [6.45, 7) is 4.49. The van der Waals surface area contributed by atoms with E-state index < -0.39 is 0 Å². The minimum Gasteiger partial charge on any atom is -0.324 e. The number of hydrogen-bond acceptors (Lipinski definition) is 2. The van der Waals surface area contributed by atoms with Gasteiger partial charge in [-0.15, -0.1) is 0 Å². The van der Waals surface area contributed by atoms with E-state index in [4.69, 9.17) is 11.5 Å². The predicted octanol–water partition coefficient (Wildman–Crippen LogP) is 4.26. The van der Waals surface area contributed by atoms with E-state index in [0.717, 1.165) is 31.6 Å². The van der Waals surface area contributed by atoms with E-state index in [1.165, 1.54) is 36.8 Å². The van der Waals surface area contributed by atoms with Crippen LogP contribution in [0.25, 0.3) is 0 Å². The zero-order chi connectivity index (χ0) is 15.8. The molecule has 122 valence electrons. The van der Waals surface area contributed by atoms with Crippen LogP contribution in [0.15, 0.2) is 24.3 Å². The molecule has 22 heavy (non-hydrogen) atoms. The second-order valence-electron chi connectivity index (χ2n) is 8.18. The number of rotatable bonds is 2. The normalized spacial score (nSPS) is 39.6. The van der Waals surface area contributed by atoms with Gasteiger partial charge in [0.15, 0.2) is 0 Å². The molecule has 0 atom stereocenters. The van der Waals surface area contributed by atoms with Crippen molar-refractivity contribution < 1.29 is 0 Å². The van der Waals surface area contributed by atoms with E-state index in [9.17, 15) is 0 Å². The summed E-state index contributed by atoms with van der Waals surface area (Å²) >= 11 is 0. The molecule has 2 aliphatic carbocycles. The number of nitrogens with two attached hydrogens (primary N) is 2. The Morgan fingerprint density at radius 1 is 0.818 bits per heavy atom. The summed E-state index contributed by atoms with van der Waals surface area (Å²) in [5.41, 5.74) is 16.2. The van der Waals surface area contributed by atoms with Crippen LogP contribution >= 0.6 is 0 Å². The maximum atomic E-state index is 6.85. The van der Waals surface area contributed by atoms with Crippen LogP contribution in [0.3, 0.4) is 0 Å². The Morgan fingerprint density at radius 2 is 1.27 bits per heavy atom. The SMILES string of the molecule is Cc1ccc(C2CCC(N)(C3(N)CCC(C)CC3)CC2)cc1. The van der Waals surface area contributed by atoms with Crippen molar-refractivity contribution >= 4 is 0 Å². The van der Waals surface area contributed by atoms with Gasteiger partial charge in [0.2, 0.25) is 0 Å². The summed E-state index contributed by atoms with van der Waals surface area (Å²) in [6, 6.07) is 9.05. The van der Waals surface area contributed by atoms with Crippen molar-refractivity contribution in [2.24, 2.45) is 17.4 Å². The zero-order valence-corrected chi connectivity index (χ0v) is 14.3. The first-order valence-electron chi connectivity index (χ1n) is 9.06. The molecule has 0 spiro atoms. The van der Waals surface area contributed by atoms with Crippen molar-refractivity contribution in [3.05, 3.63) is 35.4 Å². The molecule has 0 aromatic heterocycles. The zero-order valence-electron chi connectivity index (χ0n) is 14.3. The lowest BCUT2D eigenvalue weighted by molar-refractivity contribution is 0.0967. The summed E-state index contributed by atoms with van der Waals surface area (Å²) in [7, 11) is 0. The van der Waals surface area contributed by atoms with E-state index in [1.54, 1.807) is 0 Å². The van der Waals surface area contributed by atoms with Gasteiger partial charge in [-0.3, -0.25) is 0 Å². The van der Waals surface area contributed by atoms with Crippen LogP contribution in [-0.4, -0.2) is 11.1 Å². The molecule has 0 bridgehead atoms. The summed E-state index contributed by atoms with van der Waals surface area (Å²) < 4.78 is 0. The summed E-state index contributed by atoms with van der Waals surface area (Å²) in [5.74, 6) is 1.49. The molecule has 3 rings (SSSR count). The quantitative estimate of drug-likeness (QED) is 0.857. The Bertz CT molecular complexity index is 489. The van der Waals surface area contributed by atoms with Gasteiger partial charge < -0.3 is 11.5 Å². The standard InChI is InChI=1S/C20H32N2/c1-15-3-5-17(6-4-15)18-9-13-20(22,14-10-18)19(21)11-7-16(2)8-12-19/h3-6,16,18H,7-14,21-22H2,1-2H3. The average Bonchev–Trinajstić information content (AvgIpc) is 2.52. The van der Waals surface area contributed by atoms with Crippen LogP contribution in [0.2, 0.25) is 0 Å². The van der Waals surface area contributed by atoms with Crippen molar-refractivity contribution in [2.75, 3.05) is 0 Å². The molecule has 0 saturated heterocycles. The second-order valence-corrected chi connectivity index (χ2v) is 8.18. The fourth-order valence-electron chi connectivity index (χ4n) is 4.58. The summed E-state index contributed by atoms with van der Waals surface area (Å²) in [5, 5.41) is 0. The minimum atomic E-state index is -0.145. The highest BCUT2D eigenvalue weighted by atomic mass is 14.9. The molecular weight excluding hydrogens is 268 g/mol. The van der Waals surface area contributed by atoms with Gasteiger partial charge in [0.05, 0.1) is 0 Å². The maximum Gasteiger partial charge on any atom is 0.0337 e. The van der Waals surface area contributed by atoms with Crippen LogP contribution in [0.1, 0.15) is 75.3 Å². The Morgan fingerprint density at radius 3 is 1.77 bits per heavy atom. The van der Waals surface area contributed by atoms with Crippen LogP contribution in [0, 0.1) is 12.8 Å². The molecule has 1 aromatic carbocycles. The van der Waals surface area contributed by atoms with Gasteiger partial charge in [0.25, 0.3) is 0 Å². The Balaban J connectivity index is 1.66. The lowest BCUT2D eigenvalue weighted by Crippen LogP contribution is -2.67. The van der Waals surface area contributed by atoms with Gasteiger partial charge in [-0.2, -0.15) is 0 Å². The molecule has 0 radical (unpaired) electrons. The first kappa shape index (κ1) is 16.0. The lowest BCUT2D eigenvalue weighted by atomic mass is 9.60. The third kappa shape index (κ3) is 2.96. The molecule has 4 N–H and O–H groups in total. The monoisotopic (exact) mass is 300 g/mol. The van der Waals surface area contributed by atoms with Gasteiger partial charge in [0.1, 0.15) is 0 Å². The van der Waals surface area contributed by atoms with E-state index in [0.29, 0.717) is 5.92 Å². The van der Waals surface area contributed by atoms with Crippen molar-refractivity contribution in [2.45, 2.75) is 82.2 Å². The number of aryl methyl sites for hydroxylation is 1. The molecule has 2 heteroatoms. The van der Waals surface area contributed by atoms with E-state index in [1.807, 2.05) is 0 Å². The van der Waals surface area contributed by atoms with Gasteiger partial charge in [0, 0.05) is 11.1 Å². The van der Waals surface area contributed by atoms with E-state index >= 15 is 0 Å². The fraction of sp³-hybridized carbons (Fsp3) is 0.700. The molecule has 0 unspecified atom stereocenters. The van der Waals surface area contributed by atoms with Crippen LogP contribution in [-0.2, 0) is 0 Å². The Hall–Kier alpha value is -0.860. The van der Waals surface area contributed by atoms with Crippen LogP contribution in [0.4, 0.5) is 0 Å². The predicted molar refractivity (Wildman–Crippen MR) is 93.9 cm³/mol. The molecular formula is C20H32N2. The van der Waals surface area contributed by atoms with Crippen molar-refractivity contribution in [3.63, 3.8) is 0 Å². The lowest BCUT2D eigenvalue weighted by Gasteiger charge is -2.52. The molecule has 2 fully saturated rings. The van der Waals surface area contributed by atoms with Gasteiger partial charge in [-0.25, -0.2) is 0 Å². The first-order chi connectivity index (χ1) is 10.4. The topological polar surface area (TPSA) is 52.0 Å². The third-order valence-electron chi connectivity index (χ3n) is 6.58. The largest absolute Gasteiger partial charge is 0.324 e. The maximum absolute atomic E-state index is 6.85. The van der Waals surface area contributed by atoms with Crippen molar-refractivity contribution in [3.8, 4) is 0 Å². The van der Waals surface area contributed by atoms with Crippen LogP contribution in [0.5, 0.6) is 0 Å². The number of benzene rings is 1. The molecule has 2 aliphatic rings. The summed E-state index contributed by atoms with van der Waals surface area (Å²) in [6.07, 6.45) is 9.25. The highest BCUT2D eigenvalue weighted by molar-refractivity contribution is 5.26. The van der Waals surface area contributed by atoms with Crippen molar-refractivity contribution in [1.82, 2.24) is 0 Å². The highest BCUT2D eigenvalue weighted by Gasteiger charge is 2.48. The van der Waals surface area contributed by atoms with E-state index in [2.05, 4.69) is 38.1 Å². The molecule has 2 saturated carbocycles. The van der Waals surface area contributed by atoms with E-state index in [-0.39, 0.29) is 11.1 Å². The second kappa shape index (κ2) is 5.98. The number of hydrogen-bond donors (Lipinski definition) is 2. The first-order valence-corrected chi connectivity index (χ1v) is 9.06. The smallest absolute Gasteiger partial charge is 0.0337 e. The highest BCUT2D eigenvalue weighted by Crippen LogP contribution is 2.46. The minimum absolute atomic E-state index is 0.127. The fourth-order valence-corrected chi connectivity index (χ4v) is 4.58. The Kier molecular flexibility index (Phi) is 4.35. The van der Waals surface area contributed by atoms with Crippen molar-refractivity contribution in [1.29, 1.82) is 0 Å². The molecule has 1 aromatic rings. The van der Waals surface area contributed by atoms with Gasteiger partial charge in [-0.1, -0.05) is 36.8 Å². The summed E-state index contributed by atoms with van der Waals surface area (Å²) in [4.78, 5) is 0. The Labute approximate surface area is 135 Å². The third-order valence-corrected chi connectivity index (χ3v) is 6.58.